The Labute approximate surface area is 96.5 Å². The Balaban J connectivity index is 0.00000144. The molecule has 0 saturated carbocycles. The largest absolute Gasteiger partial charge is 0.387 e. The van der Waals surface area contributed by atoms with Crippen LogP contribution in [0.5, 0.6) is 0 Å². The van der Waals surface area contributed by atoms with Crippen molar-refractivity contribution in [3.63, 3.8) is 0 Å². The minimum Gasteiger partial charge on any atom is -0.387 e. The van der Waals surface area contributed by atoms with Crippen molar-refractivity contribution in [2.45, 2.75) is 6.42 Å². The van der Waals surface area contributed by atoms with E-state index in [0.29, 0.717) is 11.4 Å². The van der Waals surface area contributed by atoms with Crippen molar-refractivity contribution in [3.8, 4) is 0 Å². The van der Waals surface area contributed by atoms with E-state index in [1.165, 1.54) is 0 Å². The van der Waals surface area contributed by atoms with Crippen molar-refractivity contribution in [1.29, 1.82) is 5.41 Å². The maximum atomic E-state index is 7.12. The molecule has 2 nitrogen and oxygen atoms in total. The first kappa shape index (κ1) is 12.8. The molecule has 0 aliphatic heterocycles. The van der Waals surface area contributed by atoms with E-state index in [2.05, 4.69) is 15.9 Å². The van der Waals surface area contributed by atoms with Gasteiger partial charge in [-0.05, 0) is 17.7 Å². The molecule has 0 aliphatic rings. The lowest BCUT2D eigenvalue weighted by Crippen LogP contribution is -2.13. The molecule has 0 bridgehead atoms. The van der Waals surface area contributed by atoms with Gasteiger partial charge in [0.1, 0.15) is 0 Å². The summed E-state index contributed by atoms with van der Waals surface area (Å²) in [6.07, 6.45) is 0.389. The fourth-order valence-electron chi connectivity index (χ4n) is 0.892. The monoisotopic (exact) mass is 282 g/mol. The standard InChI is InChI=1S/C8H8BrClN2.ClH/c9-6-2-1-3-7(10)5(6)4-8(11)12;/h1-3H,4H2,(H3,11,12);1H. The second-order valence-electron chi connectivity index (χ2n) is 2.40. The molecule has 0 spiro atoms. The van der Waals surface area contributed by atoms with Gasteiger partial charge in [-0.1, -0.05) is 33.6 Å². The quantitative estimate of drug-likeness (QED) is 0.636. The maximum Gasteiger partial charge on any atom is 0.0951 e. The molecule has 0 radical (unpaired) electrons. The molecule has 13 heavy (non-hydrogen) atoms. The molecule has 3 N–H and O–H groups in total. The summed E-state index contributed by atoms with van der Waals surface area (Å²) >= 11 is 9.23. The second-order valence-corrected chi connectivity index (χ2v) is 3.66. The number of hydrogen-bond donors (Lipinski definition) is 2. The molecule has 72 valence electrons. The van der Waals surface area contributed by atoms with E-state index in [1.807, 2.05) is 12.1 Å². The van der Waals surface area contributed by atoms with E-state index in [1.54, 1.807) is 6.07 Å². The summed E-state index contributed by atoms with van der Waals surface area (Å²) < 4.78 is 0.894. The van der Waals surface area contributed by atoms with Crippen molar-refractivity contribution in [3.05, 3.63) is 33.3 Å². The van der Waals surface area contributed by atoms with Crippen LogP contribution in [0.25, 0.3) is 0 Å². The van der Waals surface area contributed by atoms with Gasteiger partial charge in [0.15, 0.2) is 0 Å². The van der Waals surface area contributed by atoms with E-state index in [9.17, 15) is 0 Å². The highest BCUT2D eigenvalue weighted by molar-refractivity contribution is 9.10. The van der Waals surface area contributed by atoms with E-state index >= 15 is 0 Å². The number of hydrogen-bond acceptors (Lipinski definition) is 1. The number of rotatable bonds is 2. The zero-order valence-electron chi connectivity index (χ0n) is 6.68. The Morgan fingerprint density at radius 2 is 2.15 bits per heavy atom. The Kier molecular flexibility index (Phi) is 5.37. The average molecular weight is 284 g/mol. The summed E-state index contributed by atoms with van der Waals surface area (Å²) in [6.45, 7) is 0. The molecule has 1 aromatic carbocycles. The van der Waals surface area contributed by atoms with Crippen LogP contribution >= 0.6 is 39.9 Å². The summed E-state index contributed by atoms with van der Waals surface area (Å²) in [6, 6.07) is 5.50. The Hall–Kier alpha value is -0.250. The lowest BCUT2D eigenvalue weighted by Gasteiger charge is -2.04. The number of amidine groups is 1. The molecule has 0 fully saturated rings. The normalized spacial score (nSPS) is 9.08. The van der Waals surface area contributed by atoms with Gasteiger partial charge in [0.25, 0.3) is 0 Å². The third-order valence-corrected chi connectivity index (χ3v) is 2.53. The number of nitrogens with one attached hydrogen (secondary N) is 1. The predicted octanol–water partition coefficient (Wildman–Crippen LogP) is 3.00. The molecular formula is C8H9BrCl2N2. The highest BCUT2D eigenvalue weighted by atomic mass is 79.9. The number of halogens is 3. The van der Waals surface area contributed by atoms with Crippen LogP contribution < -0.4 is 5.73 Å². The first-order valence-corrected chi connectivity index (χ1v) is 4.54. The molecule has 0 atom stereocenters. The van der Waals surface area contributed by atoms with Gasteiger partial charge in [-0.25, -0.2) is 0 Å². The molecule has 0 unspecified atom stereocenters. The van der Waals surface area contributed by atoms with Crippen molar-refractivity contribution in [1.82, 2.24) is 0 Å². The lowest BCUT2D eigenvalue weighted by atomic mass is 10.1. The minimum atomic E-state index is 0. The van der Waals surface area contributed by atoms with E-state index in [-0.39, 0.29) is 18.2 Å². The molecule has 1 aromatic rings. The number of benzene rings is 1. The summed E-state index contributed by atoms with van der Waals surface area (Å²) in [5, 5.41) is 7.76. The van der Waals surface area contributed by atoms with Gasteiger partial charge in [-0.2, -0.15) is 0 Å². The van der Waals surface area contributed by atoms with E-state index < -0.39 is 0 Å². The van der Waals surface area contributed by atoms with E-state index in [0.717, 1.165) is 10.0 Å². The summed E-state index contributed by atoms with van der Waals surface area (Å²) in [5.41, 5.74) is 6.13. The molecule has 0 heterocycles. The number of nitrogens with two attached hydrogens (primary N) is 1. The average Bonchev–Trinajstić information content (AvgIpc) is 1.97. The molecule has 0 saturated heterocycles. The van der Waals surface area contributed by atoms with Gasteiger partial charge in [0.05, 0.1) is 5.84 Å². The highest BCUT2D eigenvalue weighted by Gasteiger charge is 2.05. The van der Waals surface area contributed by atoms with Gasteiger partial charge in [0.2, 0.25) is 0 Å². The minimum absolute atomic E-state index is 0. The fourth-order valence-corrected chi connectivity index (χ4v) is 1.75. The van der Waals surface area contributed by atoms with Crippen LogP contribution in [0, 0.1) is 5.41 Å². The van der Waals surface area contributed by atoms with Gasteiger partial charge >= 0.3 is 0 Å². The summed E-state index contributed by atoms with van der Waals surface area (Å²) in [7, 11) is 0. The second kappa shape index (κ2) is 5.47. The van der Waals surface area contributed by atoms with Crippen molar-refractivity contribution < 1.29 is 0 Å². The third kappa shape index (κ3) is 3.55. The molecule has 0 aliphatic carbocycles. The van der Waals surface area contributed by atoms with Crippen LogP contribution in [0.15, 0.2) is 22.7 Å². The zero-order chi connectivity index (χ0) is 9.14. The van der Waals surface area contributed by atoms with Gasteiger partial charge in [-0.3, -0.25) is 5.41 Å². The van der Waals surface area contributed by atoms with Crippen LogP contribution in [-0.2, 0) is 6.42 Å². The first-order valence-electron chi connectivity index (χ1n) is 3.37. The predicted molar refractivity (Wildman–Crippen MR) is 62.0 cm³/mol. The lowest BCUT2D eigenvalue weighted by molar-refractivity contribution is 1.23. The van der Waals surface area contributed by atoms with Crippen LogP contribution in [0.3, 0.4) is 0 Å². The van der Waals surface area contributed by atoms with Crippen molar-refractivity contribution in [2.24, 2.45) is 5.73 Å². The Morgan fingerprint density at radius 3 is 2.62 bits per heavy atom. The fraction of sp³-hybridized carbons (Fsp3) is 0.125. The highest BCUT2D eigenvalue weighted by Crippen LogP contribution is 2.24. The smallest absolute Gasteiger partial charge is 0.0951 e. The van der Waals surface area contributed by atoms with Gasteiger partial charge in [-0.15, -0.1) is 12.4 Å². The van der Waals surface area contributed by atoms with E-state index in [4.69, 9.17) is 22.7 Å². The van der Waals surface area contributed by atoms with Gasteiger partial charge in [0, 0.05) is 15.9 Å². The molecular weight excluding hydrogens is 275 g/mol. The Bertz CT molecular complexity index is 295. The van der Waals surface area contributed by atoms with Crippen LogP contribution in [0.1, 0.15) is 5.56 Å². The summed E-state index contributed by atoms with van der Waals surface area (Å²) in [5.74, 6) is 0.115. The van der Waals surface area contributed by atoms with Crippen molar-refractivity contribution >= 4 is 45.8 Å². The SMILES string of the molecule is Cl.N=C(N)Cc1c(Cl)cccc1Br. The maximum absolute atomic E-state index is 7.12. The molecule has 0 amide bonds. The van der Waals surface area contributed by atoms with Crippen LogP contribution in [0.2, 0.25) is 5.02 Å². The summed E-state index contributed by atoms with van der Waals surface area (Å²) in [4.78, 5) is 0. The molecule has 1 rings (SSSR count). The molecule has 0 aromatic heterocycles. The zero-order valence-corrected chi connectivity index (χ0v) is 9.84. The van der Waals surface area contributed by atoms with Gasteiger partial charge < -0.3 is 5.73 Å². The Morgan fingerprint density at radius 1 is 1.54 bits per heavy atom. The van der Waals surface area contributed by atoms with Crippen molar-refractivity contribution in [2.75, 3.05) is 0 Å². The first-order chi connectivity index (χ1) is 5.61. The molecule has 5 heteroatoms. The third-order valence-electron chi connectivity index (χ3n) is 1.43. The van der Waals surface area contributed by atoms with Crippen LogP contribution in [-0.4, -0.2) is 5.84 Å². The topological polar surface area (TPSA) is 49.9 Å². The van der Waals surface area contributed by atoms with Crippen LogP contribution in [0.4, 0.5) is 0 Å².